The van der Waals surface area contributed by atoms with Crippen molar-refractivity contribution in [2.45, 2.75) is 46.3 Å². The normalized spacial score (nSPS) is 11.6. The second-order valence-electron chi connectivity index (χ2n) is 8.02. The molecule has 1 N–H and O–H groups in total. The van der Waals surface area contributed by atoms with Gasteiger partial charge in [0.25, 0.3) is 5.89 Å². The maximum absolute atomic E-state index is 5.78. The van der Waals surface area contributed by atoms with Crippen LogP contribution in [0, 0.1) is 0 Å². The van der Waals surface area contributed by atoms with Gasteiger partial charge in [-0.15, -0.1) is 0 Å². The highest BCUT2D eigenvalue weighted by molar-refractivity contribution is 5.82. The molecule has 7 nitrogen and oxygen atoms in total. The van der Waals surface area contributed by atoms with Crippen molar-refractivity contribution in [2.75, 3.05) is 11.9 Å². The van der Waals surface area contributed by atoms with Gasteiger partial charge in [-0.25, -0.2) is 4.98 Å². The minimum atomic E-state index is 0.226. The van der Waals surface area contributed by atoms with E-state index in [-0.39, 0.29) is 6.61 Å². The molecule has 2 heterocycles. The number of nitrogens with one attached hydrogen (secondary N) is 1. The minimum absolute atomic E-state index is 0.226. The molecule has 2 aromatic heterocycles. The number of imidazole rings is 1. The van der Waals surface area contributed by atoms with Gasteiger partial charge < -0.3 is 19.1 Å². The van der Waals surface area contributed by atoms with E-state index in [0.717, 1.165) is 28.3 Å². The van der Waals surface area contributed by atoms with Crippen LogP contribution in [0.5, 0.6) is 5.75 Å². The number of nitrogens with zero attached hydrogens (tertiary/aromatic N) is 4. The first-order valence-corrected chi connectivity index (χ1v) is 10.2. The Kier molecular flexibility index (Phi) is 5.44. The third kappa shape index (κ3) is 4.15. The molecule has 0 amide bonds. The largest absolute Gasteiger partial charge is 0.484 e. The summed E-state index contributed by atoms with van der Waals surface area (Å²) in [7, 11) is 2.02. The van der Waals surface area contributed by atoms with Gasteiger partial charge in [0, 0.05) is 18.7 Å². The molecule has 7 heteroatoms. The van der Waals surface area contributed by atoms with Gasteiger partial charge in [0.1, 0.15) is 5.75 Å². The van der Waals surface area contributed by atoms with Gasteiger partial charge in [0.15, 0.2) is 6.61 Å². The standard InChI is InChI=1S/C23H27N5O2/c1-14(2)16-6-9-18(10-7-16)29-13-21-26-22(27-30-21)17-8-11-19-20(12-17)25-23(24-19)28(5)15(3)4/h6-12,14-15H,13H2,1-5H3,(H,24,25). The van der Waals surface area contributed by atoms with Crippen LogP contribution in [-0.2, 0) is 6.61 Å². The number of benzene rings is 2. The highest BCUT2D eigenvalue weighted by Gasteiger charge is 2.14. The molecule has 0 unspecified atom stereocenters. The topological polar surface area (TPSA) is 80.1 Å². The molecule has 0 saturated carbocycles. The maximum Gasteiger partial charge on any atom is 0.264 e. The van der Waals surface area contributed by atoms with Crippen molar-refractivity contribution in [3.8, 4) is 17.1 Å². The van der Waals surface area contributed by atoms with Gasteiger partial charge in [-0.1, -0.05) is 31.1 Å². The molecule has 2 aromatic carbocycles. The van der Waals surface area contributed by atoms with Crippen LogP contribution < -0.4 is 9.64 Å². The number of H-pyrrole nitrogens is 1. The third-order valence-electron chi connectivity index (χ3n) is 5.21. The Morgan fingerprint density at radius 3 is 2.50 bits per heavy atom. The van der Waals surface area contributed by atoms with E-state index in [9.17, 15) is 0 Å². The average molecular weight is 406 g/mol. The SMILES string of the molecule is CC(C)c1ccc(OCc2nc(-c3ccc4nc(N(C)C(C)C)[nH]c4c3)no2)cc1. The molecule has 156 valence electrons. The van der Waals surface area contributed by atoms with E-state index in [1.165, 1.54) is 5.56 Å². The molecule has 0 aliphatic carbocycles. The molecular weight excluding hydrogens is 378 g/mol. The number of fused-ring (bicyclic) bond motifs is 1. The van der Waals surface area contributed by atoms with Crippen molar-refractivity contribution >= 4 is 17.0 Å². The Labute approximate surface area is 176 Å². The fourth-order valence-electron chi connectivity index (χ4n) is 3.07. The molecule has 4 aromatic rings. The molecular formula is C23H27N5O2. The van der Waals surface area contributed by atoms with Crippen molar-refractivity contribution in [2.24, 2.45) is 0 Å². The number of rotatable bonds is 7. The van der Waals surface area contributed by atoms with Gasteiger partial charge in [-0.3, -0.25) is 0 Å². The molecule has 0 aliphatic rings. The molecule has 0 fully saturated rings. The summed E-state index contributed by atoms with van der Waals surface area (Å²) in [5.74, 6) is 3.07. The van der Waals surface area contributed by atoms with Crippen LogP contribution in [0.4, 0.5) is 5.95 Å². The summed E-state index contributed by atoms with van der Waals surface area (Å²) < 4.78 is 11.1. The van der Waals surface area contributed by atoms with Gasteiger partial charge in [0.05, 0.1) is 11.0 Å². The van der Waals surface area contributed by atoms with E-state index in [0.29, 0.717) is 23.7 Å². The maximum atomic E-state index is 5.78. The van der Waals surface area contributed by atoms with Crippen molar-refractivity contribution in [1.82, 2.24) is 20.1 Å². The first kappa shape index (κ1) is 19.9. The molecule has 0 spiro atoms. The zero-order valence-electron chi connectivity index (χ0n) is 18.0. The van der Waals surface area contributed by atoms with Gasteiger partial charge in [-0.2, -0.15) is 4.98 Å². The average Bonchev–Trinajstić information content (AvgIpc) is 3.38. The van der Waals surface area contributed by atoms with Crippen LogP contribution in [0.3, 0.4) is 0 Å². The molecule has 30 heavy (non-hydrogen) atoms. The molecule has 0 aliphatic heterocycles. The van der Waals surface area contributed by atoms with E-state index >= 15 is 0 Å². The quantitative estimate of drug-likeness (QED) is 0.457. The van der Waals surface area contributed by atoms with Crippen molar-refractivity contribution in [3.05, 3.63) is 53.9 Å². The lowest BCUT2D eigenvalue weighted by atomic mass is 10.0. The lowest BCUT2D eigenvalue weighted by Gasteiger charge is -2.19. The number of ether oxygens (including phenoxy) is 1. The summed E-state index contributed by atoms with van der Waals surface area (Å²) in [6.07, 6.45) is 0. The number of hydrogen-bond acceptors (Lipinski definition) is 6. The predicted molar refractivity (Wildman–Crippen MR) is 118 cm³/mol. The number of hydrogen-bond donors (Lipinski definition) is 1. The Bertz CT molecular complexity index is 1130. The van der Waals surface area contributed by atoms with Crippen LogP contribution in [-0.4, -0.2) is 33.2 Å². The summed E-state index contributed by atoms with van der Waals surface area (Å²) in [6, 6.07) is 14.3. The Morgan fingerprint density at radius 1 is 1.03 bits per heavy atom. The highest BCUT2D eigenvalue weighted by atomic mass is 16.5. The smallest absolute Gasteiger partial charge is 0.264 e. The second-order valence-corrected chi connectivity index (χ2v) is 8.02. The Morgan fingerprint density at radius 2 is 1.80 bits per heavy atom. The predicted octanol–water partition coefficient (Wildman–Crippen LogP) is 5.16. The van der Waals surface area contributed by atoms with Crippen LogP contribution in [0.25, 0.3) is 22.4 Å². The van der Waals surface area contributed by atoms with E-state index in [2.05, 4.69) is 64.8 Å². The lowest BCUT2D eigenvalue weighted by molar-refractivity contribution is 0.243. The number of aromatic amines is 1. The fourth-order valence-corrected chi connectivity index (χ4v) is 3.07. The van der Waals surface area contributed by atoms with Crippen molar-refractivity contribution in [3.63, 3.8) is 0 Å². The number of anilines is 1. The van der Waals surface area contributed by atoms with Gasteiger partial charge in [-0.05, 0) is 55.7 Å². The van der Waals surface area contributed by atoms with E-state index in [1.807, 2.05) is 37.4 Å². The summed E-state index contributed by atoms with van der Waals surface area (Å²) >= 11 is 0. The highest BCUT2D eigenvalue weighted by Crippen LogP contribution is 2.24. The monoisotopic (exact) mass is 405 g/mol. The zero-order chi connectivity index (χ0) is 21.3. The molecule has 0 bridgehead atoms. The summed E-state index contributed by atoms with van der Waals surface area (Å²) in [6.45, 7) is 8.81. The molecule has 4 rings (SSSR count). The lowest BCUT2D eigenvalue weighted by Crippen LogP contribution is -2.26. The molecule has 0 radical (unpaired) electrons. The van der Waals surface area contributed by atoms with Crippen LogP contribution in [0.15, 0.2) is 47.0 Å². The number of aromatic nitrogens is 4. The summed E-state index contributed by atoms with van der Waals surface area (Å²) in [5, 5.41) is 4.10. The van der Waals surface area contributed by atoms with E-state index < -0.39 is 0 Å². The first-order valence-electron chi connectivity index (χ1n) is 10.2. The van der Waals surface area contributed by atoms with Gasteiger partial charge >= 0.3 is 0 Å². The molecule has 0 atom stereocenters. The Balaban J connectivity index is 1.47. The summed E-state index contributed by atoms with van der Waals surface area (Å²) in [4.78, 5) is 14.6. The first-order chi connectivity index (χ1) is 14.4. The third-order valence-corrected chi connectivity index (χ3v) is 5.21. The van der Waals surface area contributed by atoms with Crippen LogP contribution in [0.2, 0.25) is 0 Å². The second kappa shape index (κ2) is 8.18. The zero-order valence-corrected chi connectivity index (χ0v) is 18.0. The van der Waals surface area contributed by atoms with E-state index in [1.54, 1.807) is 0 Å². The van der Waals surface area contributed by atoms with E-state index in [4.69, 9.17) is 9.26 Å². The molecule has 0 saturated heterocycles. The van der Waals surface area contributed by atoms with Gasteiger partial charge in [0.2, 0.25) is 11.8 Å². The van der Waals surface area contributed by atoms with Crippen molar-refractivity contribution < 1.29 is 9.26 Å². The van der Waals surface area contributed by atoms with Crippen molar-refractivity contribution in [1.29, 1.82) is 0 Å². The fraction of sp³-hybridized carbons (Fsp3) is 0.348. The summed E-state index contributed by atoms with van der Waals surface area (Å²) in [5.41, 5.74) is 3.97. The van der Waals surface area contributed by atoms with Crippen LogP contribution >= 0.6 is 0 Å². The van der Waals surface area contributed by atoms with Crippen LogP contribution in [0.1, 0.15) is 45.1 Å². The minimum Gasteiger partial charge on any atom is -0.484 e. The Hall–Kier alpha value is -3.35.